The first-order chi connectivity index (χ1) is 3.77. The summed E-state index contributed by atoms with van der Waals surface area (Å²) in [5, 5.41) is 0. The van der Waals surface area contributed by atoms with Gasteiger partial charge in [-0.2, -0.15) is 0 Å². The lowest BCUT2D eigenvalue weighted by Crippen LogP contribution is -1.90. The molecule has 0 radical (unpaired) electrons. The molecule has 0 aromatic rings. The van der Waals surface area contributed by atoms with E-state index in [9.17, 15) is 8.22 Å². The van der Waals surface area contributed by atoms with Gasteiger partial charge >= 0.3 is 9.46 Å². The first-order valence-corrected chi connectivity index (χ1v) is 4.39. The highest BCUT2D eigenvalue weighted by Crippen LogP contribution is 1.96. The Morgan fingerprint density at radius 3 is 2.38 bits per heavy atom. The van der Waals surface area contributed by atoms with Crippen molar-refractivity contribution in [3.8, 4) is 0 Å². The molecule has 0 heterocycles. The van der Waals surface area contributed by atoms with Crippen LogP contribution in [0.4, 0.5) is 8.22 Å². The fourth-order valence-corrected chi connectivity index (χ4v) is 0.764. The smallest absolute Gasteiger partial charge is 0.274 e. The summed E-state index contributed by atoms with van der Waals surface area (Å²) in [6.07, 6.45) is 4.21. The van der Waals surface area contributed by atoms with E-state index in [1.54, 1.807) is 12.2 Å². The van der Waals surface area contributed by atoms with Crippen molar-refractivity contribution >= 4 is 9.46 Å². The summed E-state index contributed by atoms with van der Waals surface area (Å²) in [4.78, 5) is 0. The lowest BCUT2D eigenvalue weighted by atomic mass is 10.4. The summed E-state index contributed by atoms with van der Waals surface area (Å²) >= 11 is 0. The van der Waals surface area contributed by atoms with Gasteiger partial charge in [0.05, 0.1) is 0 Å². The van der Waals surface area contributed by atoms with E-state index in [0.717, 1.165) is 6.42 Å². The number of hydrogen-bond acceptors (Lipinski definition) is 0. The third-order valence-corrected chi connectivity index (χ3v) is 1.35. The van der Waals surface area contributed by atoms with E-state index in [2.05, 4.69) is 0 Å². The first kappa shape index (κ1) is 7.82. The lowest BCUT2D eigenvalue weighted by molar-refractivity contribution is 0.663. The molecule has 0 saturated carbocycles. The summed E-state index contributed by atoms with van der Waals surface area (Å²) < 4.78 is 22.9. The van der Waals surface area contributed by atoms with Gasteiger partial charge < -0.3 is 0 Å². The van der Waals surface area contributed by atoms with Crippen LogP contribution in [-0.4, -0.2) is 9.46 Å². The van der Waals surface area contributed by atoms with Gasteiger partial charge in [0.2, 0.25) is 0 Å². The Kier molecular flexibility index (Phi) is 4.85. The third-order valence-electron chi connectivity index (χ3n) is 0.717. The maximum absolute atomic E-state index is 11.4. The minimum atomic E-state index is -3.29. The zero-order valence-electron chi connectivity index (χ0n) is 4.90. The molecule has 0 nitrogen and oxygen atoms in total. The Balaban J connectivity index is 3.03. The van der Waals surface area contributed by atoms with E-state index in [4.69, 9.17) is 0 Å². The van der Waals surface area contributed by atoms with Gasteiger partial charge in [0, 0.05) is 6.04 Å². The summed E-state index contributed by atoms with van der Waals surface area (Å²) in [6, 6.07) is 0.0356. The maximum atomic E-state index is 11.4. The minimum Gasteiger partial charge on any atom is -0.274 e. The van der Waals surface area contributed by atoms with E-state index < -0.39 is 9.46 Å². The maximum Gasteiger partial charge on any atom is 0.415 e. The van der Waals surface area contributed by atoms with E-state index in [0.29, 0.717) is 0 Å². The van der Waals surface area contributed by atoms with E-state index in [1.807, 2.05) is 6.92 Å². The summed E-state index contributed by atoms with van der Waals surface area (Å²) in [6.45, 7) is 1.93. The van der Waals surface area contributed by atoms with Crippen LogP contribution in [0.3, 0.4) is 0 Å². The van der Waals surface area contributed by atoms with E-state index >= 15 is 0 Å². The van der Waals surface area contributed by atoms with E-state index in [1.165, 1.54) is 0 Å². The van der Waals surface area contributed by atoms with Crippen molar-refractivity contribution in [3.05, 3.63) is 12.2 Å². The summed E-state index contributed by atoms with van der Waals surface area (Å²) in [7, 11) is -3.29. The van der Waals surface area contributed by atoms with Gasteiger partial charge in [-0.1, -0.05) is 19.1 Å². The number of halogens is 2. The lowest BCUT2D eigenvalue weighted by Gasteiger charge is -1.84. The second kappa shape index (κ2) is 4.96. The SMILES string of the molecule is CCC=CC[SiH](F)F. The highest BCUT2D eigenvalue weighted by molar-refractivity contribution is 6.43. The molecule has 3 heteroatoms. The third kappa shape index (κ3) is 5.82. The standard InChI is InChI=1S/C5H10F2Si/c1-2-3-4-5-8(6)7/h3-4,8H,2,5H2,1H3. The molecule has 0 fully saturated rings. The van der Waals surface area contributed by atoms with Crippen molar-refractivity contribution in [2.45, 2.75) is 19.4 Å². The van der Waals surface area contributed by atoms with Crippen molar-refractivity contribution < 1.29 is 8.22 Å². The molecule has 0 aliphatic carbocycles. The minimum absolute atomic E-state index is 0.0356. The highest BCUT2D eigenvalue weighted by atomic mass is 28.4. The molecule has 0 aliphatic heterocycles. The molecule has 0 aromatic heterocycles. The van der Waals surface area contributed by atoms with Crippen molar-refractivity contribution in [2.75, 3.05) is 0 Å². The van der Waals surface area contributed by atoms with Gasteiger partial charge in [0.15, 0.2) is 0 Å². The number of allylic oxidation sites excluding steroid dienone is 2. The molecule has 0 aromatic carbocycles. The Morgan fingerprint density at radius 2 is 2.00 bits per heavy atom. The molecule has 0 unspecified atom stereocenters. The molecule has 8 heavy (non-hydrogen) atoms. The normalized spacial score (nSPS) is 11.5. The topological polar surface area (TPSA) is 0 Å². The van der Waals surface area contributed by atoms with Crippen molar-refractivity contribution in [2.24, 2.45) is 0 Å². The van der Waals surface area contributed by atoms with Crippen LogP contribution in [0.25, 0.3) is 0 Å². The molecule has 0 saturated heterocycles. The van der Waals surface area contributed by atoms with E-state index in [-0.39, 0.29) is 6.04 Å². The molecule has 0 bridgehead atoms. The molecule has 0 aliphatic rings. The van der Waals surface area contributed by atoms with Crippen molar-refractivity contribution in [3.63, 3.8) is 0 Å². The quantitative estimate of drug-likeness (QED) is 0.317. The fourth-order valence-electron chi connectivity index (χ4n) is 0.366. The van der Waals surface area contributed by atoms with Crippen LogP contribution in [0.5, 0.6) is 0 Å². The second-order valence-corrected chi connectivity index (χ2v) is 2.76. The predicted molar refractivity (Wildman–Crippen MR) is 33.6 cm³/mol. The molecule has 0 atom stereocenters. The largest absolute Gasteiger partial charge is 0.415 e. The van der Waals surface area contributed by atoms with Crippen LogP contribution in [0.2, 0.25) is 6.04 Å². The Bertz CT molecular complexity index is 70.8. The highest BCUT2D eigenvalue weighted by Gasteiger charge is 2.00. The Morgan fingerprint density at radius 1 is 1.38 bits per heavy atom. The van der Waals surface area contributed by atoms with Gasteiger partial charge in [-0.05, 0) is 6.42 Å². The molecule has 0 spiro atoms. The Hall–Kier alpha value is -0.183. The average Bonchev–Trinajstić information content (AvgIpc) is 1.66. The van der Waals surface area contributed by atoms with Gasteiger partial charge in [-0.15, -0.1) is 0 Å². The first-order valence-electron chi connectivity index (χ1n) is 2.70. The van der Waals surface area contributed by atoms with Crippen LogP contribution in [0, 0.1) is 0 Å². The zero-order chi connectivity index (χ0) is 6.41. The second-order valence-electron chi connectivity index (χ2n) is 1.51. The van der Waals surface area contributed by atoms with Crippen LogP contribution in [0.1, 0.15) is 13.3 Å². The molecule has 48 valence electrons. The molecular formula is C5H10F2Si. The van der Waals surface area contributed by atoms with Crippen LogP contribution >= 0.6 is 0 Å². The number of rotatable bonds is 3. The van der Waals surface area contributed by atoms with Gasteiger partial charge in [0.1, 0.15) is 0 Å². The fraction of sp³-hybridized carbons (Fsp3) is 0.600. The average molecular weight is 136 g/mol. The molecule has 0 rings (SSSR count). The van der Waals surface area contributed by atoms with Gasteiger partial charge in [-0.3, -0.25) is 8.22 Å². The Labute approximate surface area is 50.2 Å². The monoisotopic (exact) mass is 136 g/mol. The molecule has 0 N–H and O–H groups in total. The van der Waals surface area contributed by atoms with Crippen molar-refractivity contribution in [1.29, 1.82) is 0 Å². The van der Waals surface area contributed by atoms with Gasteiger partial charge in [0.25, 0.3) is 0 Å². The zero-order valence-corrected chi connectivity index (χ0v) is 6.06. The number of hydrogen-bond donors (Lipinski definition) is 0. The molecule has 0 amide bonds. The predicted octanol–water partition coefficient (Wildman–Crippen LogP) is 2.11. The molecular weight excluding hydrogens is 126 g/mol. The van der Waals surface area contributed by atoms with Crippen LogP contribution in [-0.2, 0) is 0 Å². The van der Waals surface area contributed by atoms with Crippen molar-refractivity contribution in [1.82, 2.24) is 0 Å². The summed E-state index contributed by atoms with van der Waals surface area (Å²) in [5.74, 6) is 0. The van der Waals surface area contributed by atoms with Crippen LogP contribution in [0.15, 0.2) is 12.2 Å². The van der Waals surface area contributed by atoms with Crippen LogP contribution < -0.4 is 0 Å². The summed E-state index contributed by atoms with van der Waals surface area (Å²) in [5.41, 5.74) is 0. The van der Waals surface area contributed by atoms with Gasteiger partial charge in [-0.25, -0.2) is 0 Å².